The number of hydrogen-bond donors (Lipinski definition) is 2. The number of nitrogens with zero attached hydrogens (tertiary/aromatic N) is 2. The molecule has 24 heavy (non-hydrogen) atoms. The fraction of sp³-hybridized carbons (Fsp3) is 0.474. The van der Waals surface area contributed by atoms with Gasteiger partial charge in [-0.2, -0.15) is 5.26 Å². The Kier molecular flexibility index (Phi) is 5.50. The van der Waals surface area contributed by atoms with Crippen LogP contribution in [-0.2, 0) is 11.2 Å². The Hall–Kier alpha value is -2.32. The molecule has 5 heteroatoms. The lowest BCUT2D eigenvalue weighted by Crippen LogP contribution is -2.28. The number of likely N-dealkylation sites (tertiary alicyclic amines) is 1. The van der Waals surface area contributed by atoms with Gasteiger partial charge in [-0.25, -0.2) is 0 Å². The van der Waals surface area contributed by atoms with E-state index in [4.69, 9.17) is 5.26 Å². The van der Waals surface area contributed by atoms with Gasteiger partial charge in [0.1, 0.15) is 6.07 Å². The van der Waals surface area contributed by atoms with Gasteiger partial charge in [-0.15, -0.1) is 0 Å². The normalized spacial score (nSPS) is 14.5. The van der Waals surface area contributed by atoms with Crippen molar-refractivity contribution in [1.82, 2.24) is 15.2 Å². The minimum Gasteiger partial charge on any atom is -0.360 e. The number of rotatable bonds is 8. The fourth-order valence-electron chi connectivity index (χ4n) is 3.29. The van der Waals surface area contributed by atoms with Crippen LogP contribution in [0.25, 0.3) is 10.9 Å². The highest BCUT2D eigenvalue weighted by Crippen LogP contribution is 2.19. The highest BCUT2D eigenvalue weighted by molar-refractivity contribution is 5.86. The van der Waals surface area contributed by atoms with Crippen molar-refractivity contribution in [2.75, 3.05) is 26.2 Å². The lowest BCUT2D eigenvalue weighted by molar-refractivity contribution is -0.127. The molecule has 0 spiro atoms. The van der Waals surface area contributed by atoms with Crippen molar-refractivity contribution in [3.63, 3.8) is 0 Å². The van der Waals surface area contributed by atoms with Crippen LogP contribution in [0.5, 0.6) is 0 Å². The number of nitrogens with one attached hydrogen (secondary N) is 2. The molecule has 126 valence electrons. The molecule has 3 rings (SSSR count). The van der Waals surface area contributed by atoms with E-state index in [0.717, 1.165) is 69.2 Å². The monoisotopic (exact) mass is 324 g/mol. The predicted molar refractivity (Wildman–Crippen MR) is 94.6 cm³/mol. The maximum atomic E-state index is 11.5. The first-order valence-electron chi connectivity index (χ1n) is 8.76. The topological polar surface area (TPSA) is 71.9 Å². The van der Waals surface area contributed by atoms with Crippen LogP contribution < -0.4 is 5.32 Å². The maximum Gasteiger partial charge on any atom is 0.222 e. The number of amides is 1. The van der Waals surface area contributed by atoms with Crippen LogP contribution >= 0.6 is 0 Å². The van der Waals surface area contributed by atoms with Crippen LogP contribution in [0.15, 0.2) is 24.4 Å². The Balaban J connectivity index is 1.34. The standard InChI is InChI=1S/C19H24N4O/c20-13-16-14-22-18-7-6-15(12-17(16)18)4-1-8-21-9-3-11-23-10-2-5-19(23)24/h6-7,12,14,21-22H,1-5,8-11H2. The van der Waals surface area contributed by atoms with Crippen LogP contribution in [0.3, 0.4) is 0 Å². The molecular formula is C19H24N4O. The van der Waals surface area contributed by atoms with Gasteiger partial charge in [-0.1, -0.05) is 6.07 Å². The number of aromatic amines is 1. The average Bonchev–Trinajstić information content (AvgIpc) is 3.19. The molecule has 2 heterocycles. The van der Waals surface area contributed by atoms with Crippen LogP contribution in [0.1, 0.15) is 36.8 Å². The molecule has 0 saturated carbocycles. The van der Waals surface area contributed by atoms with Gasteiger partial charge in [-0.05, 0) is 56.5 Å². The van der Waals surface area contributed by atoms with E-state index in [1.54, 1.807) is 6.20 Å². The minimum absolute atomic E-state index is 0.312. The van der Waals surface area contributed by atoms with E-state index in [2.05, 4.69) is 28.5 Å². The third kappa shape index (κ3) is 3.95. The van der Waals surface area contributed by atoms with E-state index in [1.807, 2.05) is 11.0 Å². The van der Waals surface area contributed by atoms with Crippen LogP contribution in [0, 0.1) is 11.3 Å². The Morgan fingerprint density at radius 1 is 1.29 bits per heavy atom. The molecule has 1 aliphatic rings. The Morgan fingerprint density at radius 3 is 2.96 bits per heavy atom. The number of carbonyl (C=O) groups is 1. The largest absolute Gasteiger partial charge is 0.360 e. The number of aromatic nitrogens is 1. The number of hydrogen-bond acceptors (Lipinski definition) is 3. The van der Waals surface area contributed by atoms with Crippen molar-refractivity contribution in [3.05, 3.63) is 35.5 Å². The molecule has 1 aromatic heterocycles. The first-order valence-corrected chi connectivity index (χ1v) is 8.76. The number of H-pyrrole nitrogens is 1. The zero-order valence-electron chi connectivity index (χ0n) is 14.0. The lowest BCUT2D eigenvalue weighted by atomic mass is 10.1. The summed E-state index contributed by atoms with van der Waals surface area (Å²) in [5.74, 6) is 0.312. The lowest BCUT2D eigenvalue weighted by Gasteiger charge is -2.15. The molecule has 0 atom stereocenters. The number of nitriles is 1. The molecule has 1 aromatic carbocycles. The second-order valence-corrected chi connectivity index (χ2v) is 6.39. The first-order chi connectivity index (χ1) is 11.8. The van der Waals surface area contributed by atoms with Crippen molar-refractivity contribution < 1.29 is 4.79 Å². The van der Waals surface area contributed by atoms with E-state index >= 15 is 0 Å². The van der Waals surface area contributed by atoms with E-state index in [0.29, 0.717) is 11.5 Å². The summed E-state index contributed by atoms with van der Waals surface area (Å²) in [5.41, 5.74) is 2.99. The SMILES string of the molecule is N#Cc1c[nH]c2ccc(CCCNCCCN3CCCC3=O)cc12. The van der Waals surface area contributed by atoms with Gasteiger partial charge in [0.15, 0.2) is 0 Å². The van der Waals surface area contributed by atoms with Crippen molar-refractivity contribution in [2.45, 2.75) is 32.1 Å². The van der Waals surface area contributed by atoms with Gasteiger partial charge in [0.05, 0.1) is 5.56 Å². The smallest absolute Gasteiger partial charge is 0.222 e. The Morgan fingerprint density at radius 2 is 2.17 bits per heavy atom. The second kappa shape index (κ2) is 7.98. The Labute approximate surface area is 142 Å². The van der Waals surface area contributed by atoms with E-state index in [9.17, 15) is 4.79 Å². The highest BCUT2D eigenvalue weighted by atomic mass is 16.2. The summed E-state index contributed by atoms with van der Waals surface area (Å²) in [7, 11) is 0. The molecule has 0 radical (unpaired) electrons. The van der Waals surface area contributed by atoms with Gasteiger partial charge >= 0.3 is 0 Å². The average molecular weight is 324 g/mol. The number of fused-ring (bicyclic) bond motifs is 1. The summed E-state index contributed by atoms with van der Waals surface area (Å²) in [6.45, 7) is 3.75. The molecule has 1 fully saturated rings. The molecule has 1 amide bonds. The highest BCUT2D eigenvalue weighted by Gasteiger charge is 2.18. The number of benzene rings is 1. The van der Waals surface area contributed by atoms with Crippen molar-refractivity contribution in [3.8, 4) is 6.07 Å². The van der Waals surface area contributed by atoms with E-state index < -0.39 is 0 Å². The van der Waals surface area contributed by atoms with E-state index in [-0.39, 0.29) is 0 Å². The summed E-state index contributed by atoms with van der Waals surface area (Å²) in [6.07, 6.45) is 6.61. The zero-order valence-corrected chi connectivity index (χ0v) is 14.0. The number of carbonyl (C=O) groups excluding carboxylic acids is 1. The molecule has 0 unspecified atom stereocenters. The van der Waals surface area contributed by atoms with Gasteiger partial charge in [0.2, 0.25) is 5.91 Å². The van der Waals surface area contributed by atoms with Crippen molar-refractivity contribution in [2.24, 2.45) is 0 Å². The third-order valence-electron chi connectivity index (χ3n) is 4.64. The van der Waals surface area contributed by atoms with Gasteiger partial charge in [0.25, 0.3) is 0 Å². The predicted octanol–water partition coefficient (Wildman–Crippen LogP) is 2.57. The molecule has 5 nitrogen and oxygen atoms in total. The quantitative estimate of drug-likeness (QED) is 0.733. The molecule has 0 aliphatic carbocycles. The number of aryl methyl sites for hydroxylation is 1. The van der Waals surface area contributed by atoms with Crippen molar-refractivity contribution in [1.29, 1.82) is 5.26 Å². The fourth-order valence-corrected chi connectivity index (χ4v) is 3.29. The Bertz CT molecular complexity index is 743. The molecule has 2 aromatic rings. The van der Waals surface area contributed by atoms with Crippen LogP contribution in [0.2, 0.25) is 0 Å². The van der Waals surface area contributed by atoms with Crippen LogP contribution in [0.4, 0.5) is 0 Å². The summed E-state index contributed by atoms with van der Waals surface area (Å²) < 4.78 is 0. The summed E-state index contributed by atoms with van der Waals surface area (Å²) in [6, 6.07) is 8.51. The first kappa shape index (κ1) is 16.5. The van der Waals surface area contributed by atoms with Gasteiger partial charge in [-0.3, -0.25) is 4.79 Å². The molecule has 0 bridgehead atoms. The molecule has 2 N–H and O–H groups in total. The summed E-state index contributed by atoms with van der Waals surface area (Å²) in [4.78, 5) is 16.6. The molecular weight excluding hydrogens is 300 g/mol. The van der Waals surface area contributed by atoms with Gasteiger partial charge < -0.3 is 15.2 Å². The van der Waals surface area contributed by atoms with Crippen molar-refractivity contribution >= 4 is 16.8 Å². The minimum atomic E-state index is 0.312. The third-order valence-corrected chi connectivity index (χ3v) is 4.64. The maximum absolute atomic E-state index is 11.5. The zero-order chi connectivity index (χ0) is 16.8. The molecule has 1 aliphatic heterocycles. The van der Waals surface area contributed by atoms with Crippen LogP contribution in [-0.4, -0.2) is 42.0 Å². The second-order valence-electron chi connectivity index (χ2n) is 6.39. The van der Waals surface area contributed by atoms with Gasteiger partial charge in [0, 0.05) is 36.6 Å². The summed E-state index contributed by atoms with van der Waals surface area (Å²) >= 11 is 0. The van der Waals surface area contributed by atoms with E-state index in [1.165, 1.54) is 5.56 Å². The molecule has 1 saturated heterocycles. The summed E-state index contributed by atoms with van der Waals surface area (Å²) in [5, 5.41) is 13.6.